The van der Waals surface area contributed by atoms with E-state index in [9.17, 15) is 0 Å². The zero-order valence-corrected chi connectivity index (χ0v) is 13.1. The van der Waals surface area contributed by atoms with Crippen LogP contribution in [0.15, 0.2) is 18.2 Å². The molecule has 0 spiro atoms. The van der Waals surface area contributed by atoms with Crippen molar-refractivity contribution in [1.82, 2.24) is 5.32 Å². The van der Waals surface area contributed by atoms with Crippen LogP contribution >= 0.6 is 0 Å². The molecule has 0 amide bonds. The van der Waals surface area contributed by atoms with Crippen LogP contribution in [0.25, 0.3) is 0 Å². The first-order chi connectivity index (χ1) is 10.4. The van der Waals surface area contributed by atoms with Gasteiger partial charge in [-0.05, 0) is 62.0 Å². The molecule has 1 aromatic carbocycles. The van der Waals surface area contributed by atoms with Crippen LogP contribution in [0.3, 0.4) is 0 Å². The summed E-state index contributed by atoms with van der Waals surface area (Å²) in [5.41, 5.74) is 2.86. The van der Waals surface area contributed by atoms with E-state index in [1.165, 1.54) is 49.0 Å². The van der Waals surface area contributed by atoms with E-state index >= 15 is 0 Å². The zero-order chi connectivity index (χ0) is 14.2. The summed E-state index contributed by atoms with van der Waals surface area (Å²) < 4.78 is 6.08. The molecule has 2 saturated carbocycles. The number of aryl methyl sites for hydroxylation is 1. The van der Waals surface area contributed by atoms with Gasteiger partial charge < -0.3 is 10.1 Å². The first-order valence-electron chi connectivity index (χ1n) is 8.84. The smallest absolute Gasteiger partial charge is 0.127 e. The van der Waals surface area contributed by atoms with E-state index < -0.39 is 0 Å². The maximum absolute atomic E-state index is 6.08. The third-order valence-corrected chi connectivity index (χ3v) is 5.94. The number of fused-ring (bicyclic) bond motifs is 3. The number of hydrogen-bond donors (Lipinski definition) is 1. The average molecular weight is 285 g/mol. The molecule has 1 heterocycles. The summed E-state index contributed by atoms with van der Waals surface area (Å²) in [6, 6.07) is 7.30. The van der Waals surface area contributed by atoms with E-state index in [1.807, 2.05) is 0 Å². The van der Waals surface area contributed by atoms with Crippen molar-refractivity contribution in [2.45, 2.75) is 51.5 Å². The van der Waals surface area contributed by atoms with Gasteiger partial charge in [-0.2, -0.15) is 0 Å². The predicted octanol–water partition coefficient (Wildman–Crippen LogP) is 4.10. The van der Waals surface area contributed by atoms with Gasteiger partial charge in [0, 0.05) is 11.6 Å². The number of para-hydroxylation sites is 1. The highest BCUT2D eigenvalue weighted by Gasteiger charge is 2.44. The largest absolute Gasteiger partial charge is 0.493 e. The topological polar surface area (TPSA) is 21.3 Å². The van der Waals surface area contributed by atoms with Crippen molar-refractivity contribution < 1.29 is 4.74 Å². The molecule has 2 bridgehead atoms. The molecule has 4 atom stereocenters. The van der Waals surface area contributed by atoms with Crippen molar-refractivity contribution in [3.63, 3.8) is 0 Å². The third kappa shape index (κ3) is 2.38. The molecule has 2 heteroatoms. The quantitative estimate of drug-likeness (QED) is 0.899. The molecule has 114 valence electrons. The van der Waals surface area contributed by atoms with E-state index in [0.29, 0.717) is 6.04 Å². The Hall–Kier alpha value is -1.02. The first-order valence-corrected chi connectivity index (χ1v) is 8.84. The van der Waals surface area contributed by atoms with Gasteiger partial charge in [-0.25, -0.2) is 0 Å². The molecule has 21 heavy (non-hydrogen) atoms. The lowest BCUT2D eigenvalue weighted by Crippen LogP contribution is -2.32. The lowest BCUT2D eigenvalue weighted by molar-refractivity contribution is 0.237. The Balaban J connectivity index is 1.68. The van der Waals surface area contributed by atoms with Crippen LogP contribution in [-0.4, -0.2) is 13.2 Å². The van der Waals surface area contributed by atoms with Crippen LogP contribution in [0.2, 0.25) is 0 Å². The van der Waals surface area contributed by atoms with Crippen molar-refractivity contribution in [2.75, 3.05) is 13.2 Å². The zero-order valence-electron chi connectivity index (χ0n) is 13.1. The van der Waals surface area contributed by atoms with Gasteiger partial charge in [0.1, 0.15) is 5.75 Å². The summed E-state index contributed by atoms with van der Waals surface area (Å²) in [6.07, 6.45) is 8.17. The lowest BCUT2D eigenvalue weighted by Gasteiger charge is -2.33. The minimum atomic E-state index is 0.498. The monoisotopic (exact) mass is 285 g/mol. The van der Waals surface area contributed by atoms with Crippen LogP contribution in [0.4, 0.5) is 0 Å². The van der Waals surface area contributed by atoms with Crippen molar-refractivity contribution >= 4 is 0 Å². The second kappa shape index (κ2) is 5.64. The summed E-state index contributed by atoms with van der Waals surface area (Å²) in [6.45, 7) is 4.16. The van der Waals surface area contributed by atoms with Gasteiger partial charge in [0.15, 0.2) is 0 Å². The van der Waals surface area contributed by atoms with Crippen molar-refractivity contribution in [1.29, 1.82) is 0 Å². The molecule has 4 rings (SSSR count). The Labute approximate surface area is 128 Å². The molecule has 1 aromatic rings. The highest BCUT2D eigenvalue weighted by molar-refractivity contribution is 5.45. The molecule has 1 N–H and O–H groups in total. The molecule has 3 aliphatic rings. The Bertz CT molecular complexity index is 512. The van der Waals surface area contributed by atoms with Gasteiger partial charge in [-0.3, -0.25) is 0 Å². The average Bonchev–Trinajstić information content (AvgIpc) is 3.15. The SMILES string of the molecule is CCNC(c1cccc2c1OCCC2)C1CC2CCC1C2. The molecule has 0 radical (unpaired) electrons. The Morgan fingerprint density at radius 2 is 2.24 bits per heavy atom. The first kappa shape index (κ1) is 13.6. The number of rotatable bonds is 4. The molecule has 2 nitrogen and oxygen atoms in total. The molecule has 2 aliphatic carbocycles. The van der Waals surface area contributed by atoms with Crippen LogP contribution in [0.1, 0.15) is 56.2 Å². The second-order valence-corrected chi connectivity index (χ2v) is 7.16. The van der Waals surface area contributed by atoms with Gasteiger partial charge in [-0.1, -0.05) is 31.5 Å². The second-order valence-electron chi connectivity index (χ2n) is 7.16. The lowest BCUT2D eigenvalue weighted by atomic mass is 9.79. The minimum absolute atomic E-state index is 0.498. The Morgan fingerprint density at radius 1 is 1.29 bits per heavy atom. The van der Waals surface area contributed by atoms with Crippen molar-refractivity contribution in [3.8, 4) is 5.75 Å². The third-order valence-electron chi connectivity index (χ3n) is 5.94. The molecular weight excluding hydrogens is 258 g/mol. The number of hydrogen-bond acceptors (Lipinski definition) is 2. The molecule has 0 saturated heterocycles. The summed E-state index contributed by atoms with van der Waals surface area (Å²) in [4.78, 5) is 0. The van der Waals surface area contributed by atoms with E-state index in [-0.39, 0.29) is 0 Å². The standard InChI is InChI=1S/C19H27NO/c1-2-20-18(17-12-13-8-9-15(17)11-13)16-7-3-5-14-6-4-10-21-19(14)16/h3,5,7,13,15,17-18,20H,2,4,6,8-12H2,1H3. The summed E-state index contributed by atoms with van der Waals surface area (Å²) >= 11 is 0. The Kier molecular flexibility index (Phi) is 3.66. The minimum Gasteiger partial charge on any atom is -0.493 e. The number of ether oxygens (including phenoxy) is 1. The van der Waals surface area contributed by atoms with Crippen LogP contribution in [0, 0.1) is 17.8 Å². The van der Waals surface area contributed by atoms with Gasteiger partial charge >= 0.3 is 0 Å². The Morgan fingerprint density at radius 3 is 3.00 bits per heavy atom. The molecule has 2 fully saturated rings. The number of nitrogens with one attached hydrogen (secondary N) is 1. The highest BCUT2D eigenvalue weighted by Crippen LogP contribution is 2.53. The maximum Gasteiger partial charge on any atom is 0.127 e. The molecule has 0 aromatic heterocycles. The van der Waals surface area contributed by atoms with Gasteiger partial charge in [-0.15, -0.1) is 0 Å². The normalized spacial score (nSPS) is 31.8. The molecule has 4 unspecified atom stereocenters. The van der Waals surface area contributed by atoms with E-state index in [1.54, 1.807) is 0 Å². The van der Waals surface area contributed by atoms with Gasteiger partial charge in [0.05, 0.1) is 6.61 Å². The predicted molar refractivity (Wildman–Crippen MR) is 85.6 cm³/mol. The van der Waals surface area contributed by atoms with E-state index in [4.69, 9.17) is 4.74 Å². The van der Waals surface area contributed by atoms with Crippen molar-refractivity contribution in [2.24, 2.45) is 17.8 Å². The van der Waals surface area contributed by atoms with Crippen LogP contribution in [-0.2, 0) is 6.42 Å². The van der Waals surface area contributed by atoms with E-state index in [0.717, 1.165) is 37.3 Å². The van der Waals surface area contributed by atoms with E-state index in [2.05, 4.69) is 30.4 Å². The van der Waals surface area contributed by atoms with Crippen LogP contribution < -0.4 is 10.1 Å². The van der Waals surface area contributed by atoms with Gasteiger partial charge in [0.25, 0.3) is 0 Å². The van der Waals surface area contributed by atoms with Gasteiger partial charge in [0.2, 0.25) is 0 Å². The summed E-state index contributed by atoms with van der Waals surface area (Å²) in [5, 5.41) is 3.80. The fourth-order valence-electron chi connectivity index (χ4n) is 5.07. The fourth-order valence-corrected chi connectivity index (χ4v) is 5.07. The summed E-state index contributed by atoms with van der Waals surface area (Å²) in [5.74, 6) is 3.97. The summed E-state index contributed by atoms with van der Waals surface area (Å²) in [7, 11) is 0. The van der Waals surface area contributed by atoms with Crippen LogP contribution in [0.5, 0.6) is 5.75 Å². The number of benzene rings is 1. The fraction of sp³-hybridized carbons (Fsp3) is 0.684. The molecule has 1 aliphatic heterocycles. The highest BCUT2D eigenvalue weighted by atomic mass is 16.5. The molecular formula is C19H27NO. The van der Waals surface area contributed by atoms with Crippen molar-refractivity contribution in [3.05, 3.63) is 29.3 Å². The maximum atomic E-state index is 6.08.